The number of aromatic hydroxyl groups is 2. The second-order valence-corrected chi connectivity index (χ2v) is 6.52. The lowest BCUT2D eigenvalue weighted by molar-refractivity contribution is -0.127. The third-order valence-corrected chi connectivity index (χ3v) is 4.90. The van der Waals surface area contributed by atoms with Crippen molar-refractivity contribution < 1.29 is 34.8 Å². The van der Waals surface area contributed by atoms with Crippen LogP contribution in [0.2, 0.25) is 0 Å². The maximum Gasteiger partial charge on any atom is 0.197 e. The molecule has 0 aromatic heterocycles. The third kappa shape index (κ3) is 3.39. The SMILES string of the molecule is COc1cccc(C(=O)c2cc(O)c3c(c2O)CC(C(=O)CO)C[C@@H]3O)c1. The molecule has 0 aliphatic heterocycles. The second kappa shape index (κ2) is 7.38. The summed E-state index contributed by atoms with van der Waals surface area (Å²) in [5.74, 6) is -1.95. The van der Waals surface area contributed by atoms with Crippen molar-refractivity contribution in [3.05, 3.63) is 52.6 Å². The lowest BCUT2D eigenvalue weighted by Crippen LogP contribution is -2.28. The van der Waals surface area contributed by atoms with Crippen LogP contribution in [-0.4, -0.2) is 45.7 Å². The molecule has 0 amide bonds. The zero-order valence-corrected chi connectivity index (χ0v) is 14.7. The van der Waals surface area contributed by atoms with E-state index in [1.54, 1.807) is 18.2 Å². The molecule has 0 spiro atoms. The summed E-state index contributed by atoms with van der Waals surface area (Å²) in [5, 5.41) is 40.4. The summed E-state index contributed by atoms with van der Waals surface area (Å²) in [6.07, 6.45) is -1.13. The predicted molar refractivity (Wildman–Crippen MR) is 95.1 cm³/mol. The maximum absolute atomic E-state index is 12.8. The number of ether oxygens (including phenoxy) is 1. The Hall–Kier alpha value is -2.90. The number of aliphatic hydroxyl groups is 2. The van der Waals surface area contributed by atoms with Crippen LogP contribution >= 0.6 is 0 Å². The summed E-state index contributed by atoms with van der Waals surface area (Å²) in [6, 6.07) is 7.47. The highest BCUT2D eigenvalue weighted by Gasteiger charge is 2.35. The molecule has 1 unspecified atom stereocenters. The normalized spacial score (nSPS) is 18.6. The number of fused-ring (bicyclic) bond motifs is 1. The topological polar surface area (TPSA) is 124 Å². The van der Waals surface area contributed by atoms with Gasteiger partial charge in [0.25, 0.3) is 0 Å². The van der Waals surface area contributed by atoms with Crippen LogP contribution in [-0.2, 0) is 11.2 Å². The van der Waals surface area contributed by atoms with Crippen LogP contribution in [0, 0.1) is 5.92 Å². The molecule has 3 rings (SSSR count). The summed E-state index contributed by atoms with van der Waals surface area (Å²) in [6.45, 7) is -0.679. The Morgan fingerprint density at radius 1 is 1.22 bits per heavy atom. The molecule has 7 heteroatoms. The summed E-state index contributed by atoms with van der Waals surface area (Å²) < 4.78 is 5.09. The van der Waals surface area contributed by atoms with Crippen molar-refractivity contribution in [2.75, 3.05) is 13.7 Å². The van der Waals surface area contributed by atoms with Crippen molar-refractivity contribution in [3.8, 4) is 17.2 Å². The third-order valence-electron chi connectivity index (χ3n) is 4.90. The first-order valence-corrected chi connectivity index (χ1v) is 8.45. The number of rotatable bonds is 5. The molecule has 1 aliphatic carbocycles. The highest BCUT2D eigenvalue weighted by atomic mass is 16.5. The van der Waals surface area contributed by atoms with Gasteiger partial charge in [0, 0.05) is 22.6 Å². The van der Waals surface area contributed by atoms with Gasteiger partial charge in [0.2, 0.25) is 0 Å². The van der Waals surface area contributed by atoms with Gasteiger partial charge in [-0.05, 0) is 31.0 Å². The number of methoxy groups -OCH3 is 1. The standard InChI is InChI=1S/C20H20O7/c1-27-12-4-2-3-10(5-12)19(25)14-8-16(23)18-13(20(14)26)6-11(7-15(18)22)17(24)9-21/h2-5,8,11,15,21-23,26H,6-7,9H2,1H3/t11?,15-/m0/s1. The van der Waals surface area contributed by atoms with E-state index in [0.717, 1.165) is 6.07 Å². The summed E-state index contributed by atoms with van der Waals surface area (Å²) >= 11 is 0. The molecule has 1 aliphatic rings. The number of carbonyl (C=O) groups excluding carboxylic acids is 2. The van der Waals surface area contributed by atoms with Crippen molar-refractivity contribution in [2.24, 2.45) is 5.92 Å². The number of carbonyl (C=O) groups is 2. The molecular formula is C20H20O7. The van der Waals surface area contributed by atoms with Crippen LogP contribution in [0.3, 0.4) is 0 Å². The first-order chi connectivity index (χ1) is 12.9. The average Bonchev–Trinajstić information content (AvgIpc) is 2.68. The van der Waals surface area contributed by atoms with E-state index >= 15 is 0 Å². The van der Waals surface area contributed by atoms with E-state index in [1.165, 1.54) is 13.2 Å². The van der Waals surface area contributed by atoms with Crippen molar-refractivity contribution >= 4 is 11.6 Å². The predicted octanol–water partition coefficient (Wildman–Crippen LogP) is 1.49. The van der Waals surface area contributed by atoms with Crippen molar-refractivity contribution in [3.63, 3.8) is 0 Å². The molecule has 4 N–H and O–H groups in total. The number of hydrogen-bond acceptors (Lipinski definition) is 7. The van der Waals surface area contributed by atoms with Crippen molar-refractivity contribution in [1.29, 1.82) is 0 Å². The molecule has 0 saturated carbocycles. The second-order valence-electron chi connectivity index (χ2n) is 6.52. The first kappa shape index (κ1) is 18.9. The quantitative estimate of drug-likeness (QED) is 0.463. The van der Waals surface area contributed by atoms with E-state index in [1.807, 2.05) is 0 Å². The number of aliphatic hydroxyl groups excluding tert-OH is 2. The van der Waals surface area contributed by atoms with Crippen LogP contribution in [0.15, 0.2) is 30.3 Å². The number of benzene rings is 2. The average molecular weight is 372 g/mol. The Kier molecular flexibility index (Phi) is 5.16. The summed E-state index contributed by atoms with van der Waals surface area (Å²) in [4.78, 5) is 24.7. The van der Waals surface area contributed by atoms with E-state index in [-0.39, 0.29) is 46.6 Å². The van der Waals surface area contributed by atoms with E-state index in [0.29, 0.717) is 5.75 Å². The summed E-state index contributed by atoms with van der Waals surface area (Å²) in [7, 11) is 1.46. The molecule has 2 atom stereocenters. The maximum atomic E-state index is 12.8. The molecule has 2 aromatic rings. The lowest BCUT2D eigenvalue weighted by Gasteiger charge is -2.29. The fraction of sp³-hybridized carbons (Fsp3) is 0.300. The molecule has 27 heavy (non-hydrogen) atoms. The van der Waals surface area contributed by atoms with Crippen LogP contribution in [0.4, 0.5) is 0 Å². The van der Waals surface area contributed by atoms with E-state index < -0.39 is 30.2 Å². The highest BCUT2D eigenvalue weighted by molar-refractivity contribution is 6.11. The van der Waals surface area contributed by atoms with Crippen LogP contribution in [0.25, 0.3) is 0 Å². The van der Waals surface area contributed by atoms with Gasteiger partial charge in [0.15, 0.2) is 11.6 Å². The van der Waals surface area contributed by atoms with E-state index in [2.05, 4.69) is 0 Å². The van der Waals surface area contributed by atoms with E-state index in [9.17, 15) is 24.9 Å². The van der Waals surface area contributed by atoms with Crippen molar-refractivity contribution in [1.82, 2.24) is 0 Å². The zero-order valence-electron chi connectivity index (χ0n) is 14.7. The van der Waals surface area contributed by atoms with E-state index in [4.69, 9.17) is 9.84 Å². The number of ketones is 2. The van der Waals surface area contributed by atoms with Crippen LogP contribution in [0.5, 0.6) is 17.2 Å². The number of phenolic OH excluding ortho intramolecular Hbond substituents is 2. The molecule has 7 nitrogen and oxygen atoms in total. The molecule has 0 saturated heterocycles. The van der Waals surface area contributed by atoms with Gasteiger partial charge in [-0.3, -0.25) is 9.59 Å². The minimum absolute atomic E-state index is 0.0183. The molecule has 0 heterocycles. The Labute approximate surface area is 155 Å². The van der Waals surface area contributed by atoms with Gasteiger partial charge < -0.3 is 25.2 Å². The molecule has 142 valence electrons. The highest BCUT2D eigenvalue weighted by Crippen LogP contribution is 2.45. The largest absolute Gasteiger partial charge is 0.508 e. The van der Waals surface area contributed by atoms with Crippen LogP contribution < -0.4 is 4.74 Å². The molecule has 0 fully saturated rings. The molecule has 2 aromatic carbocycles. The van der Waals surface area contributed by atoms with Gasteiger partial charge >= 0.3 is 0 Å². The minimum atomic E-state index is -1.18. The number of phenols is 2. The summed E-state index contributed by atoms with van der Waals surface area (Å²) in [5.41, 5.74) is 0.371. The van der Waals surface area contributed by atoms with Gasteiger partial charge in [0.1, 0.15) is 23.9 Å². The molecule has 0 radical (unpaired) electrons. The number of Topliss-reactive ketones (excluding diaryl/α,β-unsaturated/α-hetero) is 1. The number of hydrogen-bond donors (Lipinski definition) is 4. The zero-order chi connectivity index (χ0) is 19.7. The monoisotopic (exact) mass is 372 g/mol. The Balaban J connectivity index is 2.08. The fourth-order valence-electron chi connectivity index (χ4n) is 3.49. The van der Waals surface area contributed by atoms with Gasteiger partial charge in [-0.15, -0.1) is 0 Å². The molecular weight excluding hydrogens is 352 g/mol. The van der Waals surface area contributed by atoms with Gasteiger partial charge in [-0.25, -0.2) is 0 Å². The lowest BCUT2D eigenvalue weighted by atomic mass is 9.78. The van der Waals surface area contributed by atoms with Gasteiger partial charge in [-0.2, -0.15) is 0 Å². The minimum Gasteiger partial charge on any atom is -0.508 e. The van der Waals surface area contributed by atoms with Crippen molar-refractivity contribution in [2.45, 2.75) is 18.9 Å². The van der Waals surface area contributed by atoms with Crippen LogP contribution in [0.1, 0.15) is 39.6 Å². The smallest absolute Gasteiger partial charge is 0.197 e. The Morgan fingerprint density at radius 2 is 1.96 bits per heavy atom. The molecule has 0 bridgehead atoms. The first-order valence-electron chi connectivity index (χ1n) is 8.45. The Morgan fingerprint density at radius 3 is 2.63 bits per heavy atom. The van der Waals surface area contributed by atoms with Gasteiger partial charge in [0.05, 0.1) is 18.8 Å². The van der Waals surface area contributed by atoms with Gasteiger partial charge in [-0.1, -0.05) is 12.1 Å². The fourth-order valence-corrected chi connectivity index (χ4v) is 3.49. The Bertz CT molecular complexity index is 903.